The Balaban J connectivity index is 1.81. The first-order valence-electron chi connectivity index (χ1n) is 7.50. The molecule has 2 N–H and O–H groups in total. The van der Waals surface area contributed by atoms with E-state index in [4.69, 9.17) is 0 Å². The fourth-order valence-electron chi connectivity index (χ4n) is 2.45. The Kier molecular flexibility index (Phi) is 5.52. The maximum atomic E-state index is 12.0. The minimum Gasteiger partial charge on any atom is -0.352 e. The molecular formula is C16H21N3O3. The summed E-state index contributed by atoms with van der Waals surface area (Å²) >= 11 is 0. The normalized spacial score (nSPS) is 13.8. The minimum absolute atomic E-state index is 0.0878. The van der Waals surface area contributed by atoms with Gasteiger partial charge in [0.05, 0.1) is 0 Å². The molecule has 6 heteroatoms. The van der Waals surface area contributed by atoms with Gasteiger partial charge in [0.25, 0.3) is 5.91 Å². The van der Waals surface area contributed by atoms with Crippen LogP contribution in [0.2, 0.25) is 0 Å². The SMILES string of the molecule is CC(=O)Nc1cccc(C(=O)NCCC(=O)N2CCCC2)c1. The molecule has 1 aliphatic heterocycles. The van der Waals surface area contributed by atoms with E-state index < -0.39 is 0 Å². The molecule has 0 unspecified atom stereocenters. The van der Waals surface area contributed by atoms with Crippen LogP contribution in [0.15, 0.2) is 24.3 Å². The molecule has 0 aliphatic carbocycles. The summed E-state index contributed by atoms with van der Waals surface area (Å²) in [5.41, 5.74) is 1.04. The van der Waals surface area contributed by atoms with E-state index in [1.165, 1.54) is 6.92 Å². The summed E-state index contributed by atoms with van der Waals surface area (Å²) in [5, 5.41) is 5.37. The quantitative estimate of drug-likeness (QED) is 0.862. The van der Waals surface area contributed by atoms with Crippen LogP contribution in [0.3, 0.4) is 0 Å². The summed E-state index contributed by atoms with van der Waals surface area (Å²) in [6, 6.07) is 6.70. The molecule has 0 spiro atoms. The van der Waals surface area contributed by atoms with E-state index in [0.717, 1.165) is 25.9 Å². The monoisotopic (exact) mass is 303 g/mol. The first-order valence-corrected chi connectivity index (χ1v) is 7.50. The molecule has 1 heterocycles. The zero-order valence-corrected chi connectivity index (χ0v) is 12.7. The van der Waals surface area contributed by atoms with E-state index in [1.54, 1.807) is 24.3 Å². The largest absolute Gasteiger partial charge is 0.352 e. The second-order valence-corrected chi connectivity index (χ2v) is 5.36. The van der Waals surface area contributed by atoms with Crippen LogP contribution < -0.4 is 10.6 Å². The third kappa shape index (κ3) is 4.58. The van der Waals surface area contributed by atoms with Crippen LogP contribution in [0, 0.1) is 0 Å². The van der Waals surface area contributed by atoms with E-state index in [2.05, 4.69) is 10.6 Å². The van der Waals surface area contributed by atoms with Crippen molar-refractivity contribution in [2.24, 2.45) is 0 Å². The lowest BCUT2D eigenvalue weighted by molar-refractivity contribution is -0.130. The Labute approximate surface area is 129 Å². The number of likely N-dealkylation sites (tertiary alicyclic amines) is 1. The van der Waals surface area contributed by atoms with Gasteiger partial charge in [-0.1, -0.05) is 6.07 Å². The molecule has 118 valence electrons. The summed E-state index contributed by atoms with van der Waals surface area (Å²) < 4.78 is 0. The smallest absolute Gasteiger partial charge is 0.251 e. The van der Waals surface area contributed by atoms with Crippen LogP contribution in [-0.4, -0.2) is 42.3 Å². The Bertz CT molecular complexity index is 566. The Hall–Kier alpha value is -2.37. The molecule has 1 aromatic rings. The summed E-state index contributed by atoms with van der Waals surface area (Å²) in [7, 11) is 0. The highest BCUT2D eigenvalue weighted by atomic mass is 16.2. The fourth-order valence-corrected chi connectivity index (χ4v) is 2.45. The third-order valence-corrected chi connectivity index (χ3v) is 3.53. The third-order valence-electron chi connectivity index (χ3n) is 3.53. The Morgan fingerprint density at radius 2 is 1.91 bits per heavy atom. The van der Waals surface area contributed by atoms with Gasteiger partial charge in [-0.3, -0.25) is 14.4 Å². The molecule has 6 nitrogen and oxygen atoms in total. The highest BCUT2D eigenvalue weighted by Gasteiger charge is 2.17. The van der Waals surface area contributed by atoms with Gasteiger partial charge in [-0.15, -0.1) is 0 Å². The summed E-state index contributed by atoms with van der Waals surface area (Å²) in [6.45, 7) is 3.38. The predicted octanol–water partition coefficient (Wildman–Crippen LogP) is 1.39. The standard InChI is InChI=1S/C16H21N3O3/c1-12(20)18-14-6-4-5-13(11-14)16(22)17-8-7-15(21)19-9-2-3-10-19/h4-6,11H,2-3,7-10H2,1H3,(H,17,22)(H,18,20). The van der Waals surface area contributed by atoms with Crippen LogP contribution in [0.4, 0.5) is 5.69 Å². The van der Waals surface area contributed by atoms with Crippen molar-refractivity contribution in [3.8, 4) is 0 Å². The highest BCUT2D eigenvalue weighted by molar-refractivity contribution is 5.96. The number of hydrogen-bond donors (Lipinski definition) is 2. The molecule has 1 aromatic carbocycles. The molecule has 1 aliphatic rings. The molecule has 2 rings (SSSR count). The van der Waals surface area contributed by atoms with Crippen molar-refractivity contribution in [3.63, 3.8) is 0 Å². The van der Waals surface area contributed by atoms with Gasteiger partial charge in [-0.25, -0.2) is 0 Å². The lowest BCUT2D eigenvalue weighted by Gasteiger charge is -2.15. The maximum absolute atomic E-state index is 12.0. The average Bonchev–Trinajstić information content (AvgIpc) is 3.01. The first kappa shape index (κ1) is 16.0. The summed E-state index contributed by atoms with van der Waals surface area (Å²) in [6.07, 6.45) is 2.44. The molecule has 0 saturated carbocycles. The van der Waals surface area contributed by atoms with Gasteiger partial charge in [0.1, 0.15) is 0 Å². The van der Waals surface area contributed by atoms with Crippen molar-refractivity contribution < 1.29 is 14.4 Å². The van der Waals surface area contributed by atoms with Gasteiger partial charge < -0.3 is 15.5 Å². The number of rotatable bonds is 5. The van der Waals surface area contributed by atoms with Crippen LogP contribution in [0.25, 0.3) is 0 Å². The maximum Gasteiger partial charge on any atom is 0.251 e. The van der Waals surface area contributed by atoms with Gasteiger partial charge in [0, 0.05) is 44.2 Å². The second kappa shape index (κ2) is 7.59. The van der Waals surface area contributed by atoms with E-state index in [9.17, 15) is 14.4 Å². The van der Waals surface area contributed by atoms with Gasteiger partial charge in [-0.05, 0) is 31.0 Å². The number of amides is 3. The van der Waals surface area contributed by atoms with Crippen LogP contribution in [0.1, 0.15) is 36.5 Å². The fraction of sp³-hybridized carbons (Fsp3) is 0.438. The van der Waals surface area contributed by atoms with E-state index in [1.807, 2.05) is 4.90 Å². The van der Waals surface area contributed by atoms with Crippen LogP contribution >= 0.6 is 0 Å². The van der Waals surface area contributed by atoms with Crippen LogP contribution in [-0.2, 0) is 9.59 Å². The van der Waals surface area contributed by atoms with E-state index >= 15 is 0 Å². The topological polar surface area (TPSA) is 78.5 Å². The summed E-state index contributed by atoms with van der Waals surface area (Å²) in [4.78, 5) is 36.8. The summed E-state index contributed by atoms with van der Waals surface area (Å²) in [5.74, 6) is -0.347. The molecule has 0 bridgehead atoms. The second-order valence-electron chi connectivity index (χ2n) is 5.36. The molecule has 0 atom stereocenters. The lowest BCUT2D eigenvalue weighted by Crippen LogP contribution is -2.32. The molecule has 3 amide bonds. The Morgan fingerprint density at radius 3 is 2.59 bits per heavy atom. The van der Waals surface area contributed by atoms with Crippen molar-refractivity contribution in [1.82, 2.24) is 10.2 Å². The van der Waals surface area contributed by atoms with E-state index in [-0.39, 0.29) is 17.7 Å². The number of carbonyl (C=O) groups is 3. The van der Waals surface area contributed by atoms with Crippen molar-refractivity contribution in [3.05, 3.63) is 29.8 Å². The van der Waals surface area contributed by atoms with Crippen molar-refractivity contribution >= 4 is 23.4 Å². The zero-order valence-electron chi connectivity index (χ0n) is 12.7. The number of nitrogens with zero attached hydrogens (tertiary/aromatic N) is 1. The molecule has 1 saturated heterocycles. The van der Waals surface area contributed by atoms with Gasteiger partial charge >= 0.3 is 0 Å². The molecule has 1 fully saturated rings. The van der Waals surface area contributed by atoms with Gasteiger partial charge in [0.15, 0.2) is 0 Å². The number of anilines is 1. The first-order chi connectivity index (χ1) is 10.6. The molecular weight excluding hydrogens is 282 g/mol. The number of hydrogen-bond acceptors (Lipinski definition) is 3. The van der Waals surface area contributed by atoms with Crippen LogP contribution in [0.5, 0.6) is 0 Å². The number of nitrogens with one attached hydrogen (secondary N) is 2. The minimum atomic E-state index is -0.249. The number of carbonyl (C=O) groups excluding carboxylic acids is 3. The van der Waals surface area contributed by atoms with E-state index in [0.29, 0.717) is 24.2 Å². The predicted molar refractivity (Wildman–Crippen MR) is 83.5 cm³/mol. The van der Waals surface area contributed by atoms with Gasteiger partial charge in [-0.2, -0.15) is 0 Å². The Morgan fingerprint density at radius 1 is 1.18 bits per heavy atom. The molecule has 0 aromatic heterocycles. The van der Waals surface area contributed by atoms with Crippen molar-refractivity contribution in [2.75, 3.05) is 25.0 Å². The lowest BCUT2D eigenvalue weighted by atomic mass is 10.2. The van der Waals surface area contributed by atoms with Gasteiger partial charge in [0.2, 0.25) is 11.8 Å². The molecule has 0 radical (unpaired) electrons. The molecule has 22 heavy (non-hydrogen) atoms. The van der Waals surface area contributed by atoms with Crippen molar-refractivity contribution in [1.29, 1.82) is 0 Å². The van der Waals surface area contributed by atoms with Crippen molar-refractivity contribution in [2.45, 2.75) is 26.2 Å². The zero-order chi connectivity index (χ0) is 15.9. The average molecular weight is 303 g/mol. The number of benzene rings is 1. The highest BCUT2D eigenvalue weighted by Crippen LogP contribution is 2.11.